The van der Waals surface area contributed by atoms with Crippen molar-refractivity contribution in [2.24, 2.45) is 0 Å². The maximum atomic E-state index is 4.09. The molecule has 0 aliphatic carbocycles. The number of aryl methyl sites for hydroxylation is 1. The first-order chi connectivity index (χ1) is 5.90. The Bertz CT molecular complexity index is 255. The molecule has 0 radical (unpaired) electrons. The normalized spacial score (nSPS) is 22.6. The molecule has 0 amide bonds. The number of nitrogens with zero attached hydrogens (tertiary/aromatic N) is 2. The summed E-state index contributed by atoms with van der Waals surface area (Å²) in [5, 5.41) is 6.60. The summed E-state index contributed by atoms with van der Waals surface area (Å²) in [5.74, 6) is 1.12. The van der Waals surface area contributed by atoms with Gasteiger partial charge >= 0.3 is 0 Å². The lowest BCUT2D eigenvalue weighted by Crippen LogP contribution is -2.32. The lowest BCUT2D eigenvalue weighted by atomic mass is 10.2. The molecule has 0 saturated heterocycles. The Balaban J connectivity index is 2.18. The first-order valence-electron chi connectivity index (χ1n) is 4.34. The molecule has 1 aromatic heterocycles. The van der Waals surface area contributed by atoms with Crippen LogP contribution in [0.5, 0.6) is 0 Å². The van der Waals surface area contributed by atoms with Gasteiger partial charge in [-0.3, -0.25) is 0 Å². The molecule has 0 bridgehead atoms. The molecule has 1 aliphatic heterocycles. The lowest BCUT2D eigenvalue weighted by Gasteiger charge is -2.14. The van der Waals surface area contributed by atoms with E-state index in [0.717, 1.165) is 18.8 Å². The maximum absolute atomic E-state index is 4.09. The standard InChI is InChI=1S/C8H14N4/c1-9-7-3-2-4-12-6-10-5-8(12)11-7/h5-7,9,11H,2-4H2,1H3. The van der Waals surface area contributed by atoms with Crippen LogP contribution in [0.3, 0.4) is 0 Å². The molecule has 1 atom stereocenters. The molecule has 12 heavy (non-hydrogen) atoms. The fraction of sp³-hybridized carbons (Fsp3) is 0.625. The van der Waals surface area contributed by atoms with Crippen molar-refractivity contribution in [1.82, 2.24) is 14.9 Å². The Morgan fingerprint density at radius 3 is 3.50 bits per heavy atom. The summed E-state index contributed by atoms with van der Waals surface area (Å²) in [7, 11) is 1.98. The topological polar surface area (TPSA) is 41.9 Å². The third-order valence-corrected chi connectivity index (χ3v) is 2.27. The highest BCUT2D eigenvalue weighted by atomic mass is 15.2. The van der Waals surface area contributed by atoms with Crippen LogP contribution in [0.1, 0.15) is 12.8 Å². The van der Waals surface area contributed by atoms with Crippen LogP contribution in [-0.2, 0) is 6.54 Å². The summed E-state index contributed by atoms with van der Waals surface area (Å²) >= 11 is 0. The number of anilines is 1. The summed E-state index contributed by atoms with van der Waals surface area (Å²) in [4.78, 5) is 4.09. The smallest absolute Gasteiger partial charge is 0.127 e. The first kappa shape index (κ1) is 7.61. The Morgan fingerprint density at radius 1 is 1.75 bits per heavy atom. The Labute approximate surface area is 72.0 Å². The van der Waals surface area contributed by atoms with Crippen LogP contribution < -0.4 is 10.6 Å². The van der Waals surface area contributed by atoms with Gasteiger partial charge in [0.25, 0.3) is 0 Å². The van der Waals surface area contributed by atoms with E-state index in [-0.39, 0.29) is 0 Å². The molecule has 2 heterocycles. The molecule has 0 aromatic carbocycles. The molecular weight excluding hydrogens is 152 g/mol. The van der Waals surface area contributed by atoms with Gasteiger partial charge in [0.05, 0.1) is 18.7 Å². The predicted octanol–water partition coefficient (Wildman–Crippen LogP) is 0.634. The highest BCUT2D eigenvalue weighted by molar-refractivity contribution is 5.34. The van der Waals surface area contributed by atoms with Gasteiger partial charge in [0.2, 0.25) is 0 Å². The van der Waals surface area contributed by atoms with E-state index in [0.29, 0.717) is 6.17 Å². The Kier molecular flexibility index (Phi) is 1.99. The minimum absolute atomic E-state index is 0.392. The summed E-state index contributed by atoms with van der Waals surface area (Å²) in [6.07, 6.45) is 6.50. The Hall–Kier alpha value is -1.03. The van der Waals surface area contributed by atoms with Gasteiger partial charge in [-0.1, -0.05) is 0 Å². The molecule has 4 heteroatoms. The summed E-state index contributed by atoms with van der Waals surface area (Å²) in [5.41, 5.74) is 0. The van der Waals surface area contributed by atoms with Crippen molar-refractivity contribution in [3.63, 3.8) is 0 Å². The maximum Gasteiger partial charge on any atom is 0.127 e. The van der Waals surface area contributed by atoms with Crippen molar-refractivity contribution in [3.8, 4) is 0 Å². The molecule has 1 unspecified atom stereocenters. The van der Waals surface area contributed by atoms with Gasteiger partial charge in [-0.25, -0.2) is 4.98 Å². The van der Waals surface area contributed by atoms with Crippen molar-refractivity contribution in [2.45, 2.75) is 25.6 Å². The van der Waals surface area contributed by atoms with E-state index in [1.54, 1.807) is 0 Å². The van der Waals surface area contributed by atoms with Crippen LogP contribution >= 0.6 is 0 Å². The zero-order valence-corrected chi connectivity index (χ0v) is 7.25. The third kappa shape index (κ3) is 1.30. The second-order valence-corrected chi connectivity index (χ2v) is 3.10. The third-order valence-electron chi connectivity index (χ3n) is 2.27. The van der Waals surface area contributed by atoms with Gasteiger partial charge in [0.1, 0.15) is 5.82 Å². The molecule has 0 fully saturated rings. The fourth-order valence-electron chi connectivity index (χ4n) is 1.55. The van der Waals surface area contributed by atoms with Crippen LogP contribution in [0.15, 0.2) is 12.5 Å². The molecule has 1 aliphatic rings. The molecule has 66 valence electrons. The zero-order chi connectivity index (χ0) is 8.39. The summed E-state index contributed by atoms with van der Waals surface area (Å²) in [6, 6.07) is 0. The van der Waals surface area contributed by atoms with Gasteiger partial charge < -0.3 is 15.2 Å². The number of rotatable bonds is 1. The first-order valence-corrected chi connectivity index (χ1v) is 4.34. The van der Waals surface area contributed by atoms with Gasteiger partial charge in [-0.05, 0) is 19.9 Å². The summed E-state index contributed by atoms with van der Waals surface area (Å²) in [6.45, 7) is 1.07. The zero-order valence-electron chi connectivity index (χ0n) is 7.25. The molecule has 0 saturated carbocycles. The number of aromatic nitrogens is 2. The van der Waals surface area contributed by atoms with E-state index in [9.17, 15) is 0 Å². The van der Waals surface area contributed by atoms with Gasteiger partial charge in [-0.2, -0.15) is 0 Å². The fourth-order valence-corrected chi connectivity index (χ4v) is 1.55. The minimum atomic E-state index is 0.392. The van der Waals surface area contributed by atoms with Gasteiger partial charge in [0.15, 0.2) is 0 Å². The van der Waals surface area contributed by atoms with Crippen molar-refractivity contribution in [3.05, 3.63) is 12.5 Å². The number of fused-ring (bicyclic) bond motifs is 1. The van der Waals surface area contributed by atoms with Crippen molar-refractivity contribution >= 4 is 5.82 Å². The second-order valence-electron chi connectivity index (χ2n) is 3.10. The monoisotopic (exact) mass is 166 g/mol. The van der Waals surface area contributed by atoms with E-state index in [2.05, 4.69) is 20.2 Å². The summed E-state index contributed by atoms with van der Waals surface area (Å²) < 4.78 is 2.15. The minimum Gasteiger partial charge on any atom is -0.355 e. The van der Waals surface area contributed by atoms with Crippen LogP contribution in [-0.4, -0.2) is 22.8 Å². The Morgan fingerprint density at radius 2 is 2.67 bits per heavy atom. The quantitative estimate of drug-likeness (QED) is 0.643. The number of nitrogens with one attached hydrogen (secondary N) is 2. The molecule has 2 N–H and O–H groups in total. The predicted molar refractivity (Wildman–Crippen MR) is 47.9 cm³/mol. The van der Waals surface area contributed by atoms with E-state index in [1.165, 1.54) is 6.42 Å². The van der Waals surface area contributed by atoms with E-state index >= 15 is 0 Å². The highest BCUT2D eigenvalue weighted by Gasteiger charge is 2.12. The van der Waals surface area contributed by atoms with Crippen molar-refractivity contribution < 1.29 is 0 Å². The SMILES string of the molecule is CNC1CCCn2cncc2N1. The van der Waals surface area contributed by atoms with E-state index < -0.39 is 0 Å². The van der Waals surface area contributed by atoms with E-state index in [4.69, 9.17) is 0 Å². The largest absolute Gasteiger partial charge is 0.355 e. The van der Waals surface area contributed by atoms with Crippen LogP contribution in [0.4, 0.5) is 5.82 Å². The molecule has 4 nitrogen and oxygen atoms in total. The van der Waals surface area contributed by atoms with Crippen LogP contribution in [0, 0.1) is 0 Å². The van der Waals surface area contributed by atoms with Crippen LogP contribution in [0.2, 0.25) is 0 Å². The van der Waals surface area contributed by atoms with Crippen LogP contribution in [0.25, 0.3) is 0 Å². The van der Waals surface area contributed by atoms with Crippen molar-refractivity contribution in [1.29, 1.82) is 0 Å². The molecule has 1 aromatic rings. The number of hydrogen-bond acceptors (Lipinski definition) is 3. The number of hydrogen-bond donors (Lipinski definition) is 2. The van der Waals surface area contributed by atoms with Gasteiger partial charge in [0, 0.05) is 6.54 Å². The highest BCUT2D eigenvalue weighted by Crippen LogP contribution is 2.14. The average Bonchev–Trinajstić information content (AvgIpc) is 2.43. The second kappa shape index (κ2) is 3.15. The average molecular weight is 166 g/mol. The number of imidazole rings is 1. The van der Waals surface area contributed by atoms with Gasteiger partial charge in [-0.15, -0.1) is 0 Å². The van der Waals surface area contributed by atoms with E-state index in [1.807, 2.05) is 19.6 Å². The van der Waals surface area contributed by atoms with Crippen molar-refractivity contribution in [2.75, 3.05) is 12.4 Å². The molecule has 2 rings (SSSR count). The molecular formula is C8H14N4. The molecule has 0 spiro atoms. The lowest BCUT2D eigenvalue weighted by molar-refractivity contribution is 0.546.